The maximum atomic E-state index is 12.3. The molecule has 192 valence electrons. The molecule has 1 amide bonds. The second-order valence-corrected chi connectivity index (χ2v) is 8.41. The summed E-state index contributed by atoms with van der Waals surface area (Å²) in [5, 5.41) is 2.77. The quantitative estimate of drug-likeness (QED) is 0.387. The van der Waals surface area contributed by atoms with Crippen LogP contribution in [0, 0.1) is 5.92 Å². The van der Waals surface area contributed by atoms with Crippen LogP contribution in [0.5, 0.6) is 0 Å². The molecule has 1 aromatic rings. The van der Waals surface area contributed by atoms with Crippen LogP contribution in [0.2, 0.25) is 0 Å². The van der Waals surface area contributed by atoms with Gasteiger partial charge in [-0.15, -0.1) is 0 Å². The molecule has 3 unspecified atom stereocenters. The molecule has 2 aliphatic rings. The van der Waals surface area contributed by atoms with Gasteiger partial charge in [0.05, 0.1) is 19.1 Å². The lowest BCUT2D eigenvalue weighted by Crippen LogP contribution is -2.67. The normalized spacial score (nSPS) is 28.8. The van der Waals surface area contributed by atoms with E-state index in [-0.39, 0.29) is 32.1 Å². The molecule has 3 rings (SSSR count). The Labute approximate surface area is 204 Å². The molecule has 35 heavy (non-hydrogen) atoms. The fraction of sp³-hybridized carbons (Fsp3) is 0.560. The van der Waals surface area contributed by atoms with Crippen molar-refractivity contribution in [1.29, 1.82) is 0 Å². The number of ether oxygens (including phenoxy) is 6. The van der Waals surface area contributed by atoms with Crippen LogP contribution in [0.25, 0.3) is 0 Å². The Morgan fingerprint density at radius 2 is 1.97 bits per heavy atom. The molecule has 2 heterocycles. The van der Waals surface area contributed by atoms with Gasteiger partial charge in [-0.1, -0.05) is 49.9 Å². The van der Waals surface area contributed by atoms with E-state index in [0.717, 1.165) is 5.56 Å². The number of hydrogen-bond donors (Lipinski definition) is 1. The van der Waals surface area contributed by atoms with Crippen molar-refractivity contribution in [2.75, 3.05) is 19.8 Å². The van der Waals surface area contributed by atoms with Crippen LogP contribution < -0.4 is 5.32 Å². The first-order valence-corrected chi connectivity index (χ1v) is 11.7. The van der Waals surface area contributed by atoms with E-state index in [4.69, 9.17) is 28.4 Å². The monoisotopic (exact) mass is 491 g/mol. The van der Waals surface area contributed by atoms with E-state index >= 15 is 0 Å². The van der Waals surface area contributed by atoms with Gasteiger partial charge < -0.3 is 33.7 Å². The molecule has 0 bridgehead atoms. The number of esters is 2. The summed E-state index contributed by atoms with van der Waals surface area (Å²) in [6, 6.07) is 8.47. The van der Waals surface area contributed by atoms with Crippen LogP contribution in [-0.4, -0.2) is 68.3 Å². The van der Waals surface area contributed by atoms with E-state index in [0.29, 0.717) is 0 Å². The van der Waals surface area contributed by atoms with Gasteiger partial charge in [-0.25, -0.2) is 0 Å². The molecular weight excluding hydrogens is 458 g/mol. The lowest BCUT2D eigenvalue weighted by Gasteiger charge is -2.48. The second kappa shape index (κ2) is 12.8. The number of fused-ring (bicyclic) bond motifs is 1. The summed E-state index contributed by atoms with van der Waals surface area (Å²) in [6.07, 6.45) is -2.38. The maximum absolute atomic E-state index is 12.3. The standard InChI is InChI=1S/C25H33NO9/c1-5-12-30-23(29)15(3)13-31-25-20(26-16(4)27)22(34-19(28)6-2)21-18(33-25)14-32-24(35-21)17-10-8-7-9-11-17/h5,7-11,15,18,20-22,24-25H,1,6,12-14H2,2-4H3,(H,26,27)/t15-,18?,20?,21+,22+,24?,25+/m0/s1. The lowest BCUT2D eigenvalue weighted by molar-refractivity contribution is -0.345. The third-order valence-electron chi connectivity index (χ3n) is 5.59. The summed E-state index contributed by atoms with van der Waals surface area (Å²) in [5.41, 5.74) is 0.799. The van der Waals surface area contributed by atoms with E-state index < -0.39 is 54.8 Å². The number of carbonyl (C=O) groups is 3. The van der Waals surface area contributed by atoms with E-state index in [9.17, 15) is 14.4 Å². The molecule has 2 fully saturated rings. The summed E-state index contributed by atoms with van der Waals surface area (Å²) in [7, 11) is 0. The zero-order valence-electron chi connectivity index (χ0n) is 20.2. The topological polar surface area (TPSA) is 119 Å². The van der Waals surface area contributed by atoms with Gasteiger partial charge in [0.25, 0.3) is 0 Å². The minimum absolute atomic E-state index is 0.0447. The van der Waals surface area contributed by atoms with Crippen LogP contribution >= 0.6 is 0 Å². The number of nitrogens with one attached hydrogen (secondary N) is 1. The molecule has 10 nitrogen and oxygen atoms in total. The van der Waals surface area contributed by atoms with Crippen molar-refractivity contribution >= 4 is 17.8 Å². The van der Waals surface area contributed by atoms with Crippen molar-refractivity contribution < 1.29 is 42.8 Å². The maximum Gasteiger partial charge on any atom is 0.311 e. The Morgan fingerprint density at radius 1 is 1.23 bits per heavy atom. The zero-order chi connectivity index (χ0) is 25.4. The molecule has 2 aliphatic heterocycles. The highest BCUT2D eigenvalue weighted by atomic mass is 16.8. The first-order valence-electron chi connectivity index (χ1n) is 11.7. The highest BCUT2D eigenvalue weighted by molar-refractivity contribution is 5.74. The molecule has 7 atom stereocenters. The van der Waals surface area contributed by atoms with Crippen molar-refractivity contribution in [2.24, 2.45) is 5.92 Å². The molecule has 0 spiro atoms. The van der Waals surface area contributed by atoms with Crippen molar-refractivity contribution in [3.63, 3.8) is 0 Å². The Kier molecular flexibility index (Phi) is 9.79. The van der Waals surface area contributed by atoms with Crippen LogP contribution in [0.1, 0.15) is 39.0 Å². The highest BCUT2D eigenvalue weighted by Crippen LogP contribution is 2.36. The summed E-state index contributed by atoms with van der Waals surface area (Å²) in [4.78, 5) is 36.5. The van der Waals surface area contributed by atoms with Gasteiger partial charge in [-0.05, 0) is 6.92 Å². The SMILES string of the molecule is C=CCOC(=O)[C@@H](C)CO[C@@H]1OC2COC(c3ccccc3)O[C@H]2[C@H](OC(=O)CC)C1NC(C)=O. The third-order valence-corrected chi connectivity index (χ3v) is 5.59. The van der Waals surface area contributed by atoms with E-state index in [2.05, 4.69) is 11.9 Å². The van der Waals surface area contributed by atoms with Gasteiger partial charge in [0.1, 0.15) is 24.9 Å². The largest absolute Gasteiger partial charge is 0.461 e. The van der Waals surface area contributed by atoms with Crippen molar-refractivity contribution in [2.45, 2.75) is 64.1 Å². The minimum atomic E-state index is -1.02. The van der Waals surface area contributed by atoms with Crippen LogP contribution in [0.15, 0.2) is 43.0 Å². The average molecular weight is 492 g/mol. The Balaban J connectivity index is 1.80. The first-order chi connectivity index (χ1) is 16.8. The van der Waals surface area contributed by atoms with Crippen molar-refractivity contribution in [3.05, 3.63) is 48.6 Å². The van der Waals surface area contributed by atoms with Gasteiger partial charge in [0.15, 0.2) is 18.7 Å². The van der Waals surface area contributed by atoms with Crippen molar-refractivity contribution in [3.8, 4) is 0 Å². The summed E-state index contributed by atoms with van der Waals surface area (Å²) < 4.78 is 34.9. The van der Waals surface area contributed by atoms with Crippen LogP contribution in [0.4, 0.5) is 0 Å². The average Bonchev–Trinajstić information content (AvgIpc) is 2.87. The predicted octanol–water partition coefficient (Wildman–Crippen LogP) is 2.03. The number of amides is 1. The van der Waals surface area contributed by atoms with Crippen LogP contribution in [-0.2, 0) is 42.8 Å². The minimum Gasteiger partial charge on any atom is -0.461 e. The Bertz CT molecular complexity index is 877. The molecule has 0 radical (unpaired) electrons. The van der Waals surface area contributed by atoms with Gasteiger partial charge in [-0.3, -0.25) is 14.4 Å². The van der Waals surface area contributed by atoms with Crippen molar-refractivity contribution in [1.82, 2.24) is 5.32 Å². The molecule has 0 aromatic heterocycles. The second-order valence-electron chi connectivity index (χ2n) is 8.41. The third kappa shape index (κ3) is 7.11. The van der Waals surface area contributed by atoms with E-state index in [1.807, 2.05) is 30.3 Å². The van der Waals surface area contributed by atoms with E-state index in [1.165, 1.54) is 13.0 Å². The fourth-order valence-electron chi connectivity index (χ4n) is 3.85. The number of rotatable bonds is 10. The van der Waals surface area contributed by atoms with Crippen LogP contribution in [0.3, 0.4) is 0 Å². The summed E-state index contributed by atoms with van der Waals surface area (Å²) in [5.74, 6) is -1.89. The van der Waals surface area contributed by atoms with Gasteiger partial charge in [-0.2, -0.15) is 0 Å². The number of benzene rings is 1. The highest BCUT2D eigenvalue weighted by Gasteiger charge is 2.52. The van der Waals surface area contributed by atoms with Gasteiger partial charge in [0, 0.05) is 18.9 Å². The molecule has 2 saturated heterocycles. The molecule has 1 aromatic carbocycles. The Hall–Kier alpha value is -2.79. The fourth-order valence-corrected chi connectivity index (χ4v) is 3.85. The summed E-state index contributed by atoms with van der Waals surface area (Å²) >= 11 is 0. The molecule has 0 aliphatic carbocycles. The number of carbonyl (C=O) groups excluding carboxylic acids is 3. The van der Waals surface area contributed by atoms with Gasteiger partial charge >= 0.3 is 11.9 Å². The number of hydrogen-bond acceptors (Lipinski definition) is 9. The predicted molar refractivity (Wildman–Crippen MR) is 123 cm³/mol. The molecule has 1 N–H and O–H groups in total. The molecule has 10 heteroatoms. The first kappa shape index (κ1) is 26.8. The lowest BCUT2D eigenvalue weighted by atomic mass is 9.95. The smallest absolute Gasteiger partial charge is 0.311 e. The summed E-state index contributed by atoms with van der Waals surface area (Å²) in [6.45, 7) is 8.38. The molecule has 0 saturated carbocycles. The molecular formula is C25H33NO9. The zero-order valence-corrected chi connectivity index (χ0v) is 20.2. The Morgan fingerprint density at radius 3 is 2.63 bits per heavy atom. The van der Waals surface area contributed by atoms with Gasteiger partial charge in [0.2, 0.25) is 5.91 Å². The van der Waals surface area contributed by atoms with E-state index in [1.54, 1.807) is 13.8 Å².